The lowest BCUT2D eigenvalue weighted by Crippen LogP contribution is -2.16. The Labute approximate surface area is 94.7 Å². The van der Waals surface area contributed by atoms with Crippen molar-refractivity contribution in [2.75, 3.05) is 6.00 Å². The van der Waals surface area contributed by atoms with Gasteiger partial charge in [-0.05, 0) is 19.1 Å². The van der Waals surface area contributed by atoms with Crippen LogP contribution in [0.2, 0.25) is 0 Å². The summed E-state index contributed by atoms with van der Waals surface area (Å²) in [5, 5.41) is 0.563. The molecule has 0 heterocycles. The molecule has 0 saturated heterocycles. The molecule has 0 N–H and O–H groups in total. The van der Waals surface area contributed by atoms with Crippen molar-refractivity contribution < 1.29 is 0 Å². The third-order valence-electron chi connectivity index (χ3n) is 2.44. The number of rotatable bonds is 5. The van der Waals surface area contributed by atoms with E-state index in [9.17, 15) is 0 Å². The van der Waals surface area contributed by atoms with Crippen LogP contribution in [0.15, 0.2) is 21.2 Å². The molecular weight excluding hydrogens is 219 g/mol. The first kappa shape index (κ1) is 11.7. The summed E-state index contributed by atoms with van der Waals surface area (Å²) in [6.07, 6.45) is 6.29. The highest BCUT2D eigenvalue weighted by Gasteiger charge is 2.20. The van der Waals surface area contributed by atoms with Gasteiger partial charge in [0.25, 0.3) is 0 Å². The number of nitrogens with zero attached hydrogens (tertiary/aromatic N) is 2. The Morgan fingerprint density at radius 1 is 1.50 bits per heavy atom. The Balaban J connectivity index is 2.58. The fraction of sp³-hybridized carbons (Fsp3) is 0.600. The van der Waals surface area contributed by atoms with Gasteiger partial charge in [-0.25, -0.2) is 0 Å². The summed E-state index contributed by atoms with van der Waals surface area (Å²) in [6.45, 7) is 3.36. The average Bonchev–Trinajstić information content (AvgIpc) is 2.09. The molecule has 0 unspecified atom stereocenters. The lowest BCUT2D eigenvalue weighted by molar-refractivity contribution is 0.327. The standard InChI is InChI=1S/C10H14Cl2N2/c1-13-6-9(12)10(14-7-11)5-8-3-2-4-8/h6,8H,1-5,7H2/b9-6+,14-10?. The summed E-state index contributed by atoms with van der Waals surface area (Å²) in [6, 6.07) is 0.253. The molecule has 0 bridgehead atoms. The molecule has 0 aliphatic heterocycles. The van der Waals surface area contributed by atoms with E-state index in [0.29, 0.717) is 5.03 Å². The Morgan fingerprint density at radius 3 is 2.64 bits per heavy atom. The van der Waals surface area contributed by atoms with Crippen molar-refractivity contribution in [3.05, 3.63) is 11.2 Å². The second kappa shape index (κ2) is 6.20. The van der Waals surface area contributed by atoms with Crippen LogP contribution < -0.4 is 0 Å². The predicted molar refractivity (Wildman–Crippen MR) is 63.6 cm³/mol. The second-order valence-corrected chi connectivity index (χ2v) is 4.03. The van der Waals surface area contributed by atoms with Crippen LogP contribution in [0.1, 0.15) is 25.7 Å². The molecule has 1 aliphatic carbocycles. The molecule has 14 heavy (non-hydrogen) atoms. The van der Waals surface area contributed by atoms with E-state index in [1.807, 2.05) is 0 Å². The molecule has 0 aromatic rings. The number of halogens is 2. The van der Waals surface area contributed by atoms with Crippen molar-refractivity contribution in [3.8, 4) is 0 Å². The second-order valence-electron chi connectivity index (χ2n) is 3.38. The molecule has 1 saturated carbocycles. The van der Waals surface area contributed by atoms with E-state index in [-0.39, 0.29) is 6.00 Å². The molecule has 0 aromatic carbocycles. The molecule has 0 radical (unpaired) electrons. The zero-order valence-electron chi connectivity index (χ0n) is 8.05. The van der Waals surface area contributed by atoms with Crippen molar-refractivity contribution in [1.82, 2.24) is 0 Å². The maximum absolute atomic E-state index is 5.99. The van der Waals surface area contributed by atoms with E-state index in [2.05, 4.69) is 16.7 Å². The molecular formula is C10H14Cl2N2. The number of hydrogen-bond donors (Lipinski definition) is 0. The molecule has 4 heteroatoms. The maximum Gasteiger partial charge on any atom is 0.113 e. The number of alkyl halides is 1. The van der Waals surface area contributed by atoms with Gasteiger partial charge >= 0.3 is 0 Å². The van der Waals surface area contributed by atoms with Gasteiger partial charge in [0, 0.05) is 6.20 Å². The first-order valence-corrected chi connectivity index (χ1v) is 5.60. The van der Waals surface area contributed by atoms with Gasteiger partial charge in [-0.15, -0.1) is 11.6 Å². The largest absolute Gasteiger partial charge is 0.272 e. The predicted octanol–water partition coefficient (Wildman–Crippen LogP) is 3.59. The van der Waals surface area contributed by atoms with Crippen LogP contribution in [0.3, 0.4) is 0 Å². The summed E-state index contributed by atoms with van der Waals surface area (Å²) in [5.41, 5.74) is 0.860. The smallest absolute Gasteiger partial charge is 0.113 e. The molecule has 1 aliphatic rings. The van der Waals surface area contributed by atoms with Gasteiger partial charge in [0.2, 0.25) is 0 Å². The zero-order valence-corrected chi connectivity index (χ0v) is 9.56. The van der Waals surface area contributed by atoms with E-state index in [4.69, 9.17) is 23.2 Å². The topological polar surface area (TPSA) is 24.7 Å². The van der Waals surface area contributed by atoms with Crippen molar-refractivity contribution in [2.24, 2.45) is 15.9 Å². The van der Waals surface area contributed by atoms with Crippen LogP contribution in [0.25, 0.3) is 0 Å². The first-order valence-electron chi connectivity index (χ1n) is 4.69. The van der Waals surface area contributed by atoms with Gasteiger partial charge in [-0.3, -0.25) is 9.98 Å². The van der Waals surface area contributed by atoms with Gasteiger partial charge in [0.15, 0.2) is 0 Å². The summed E-state index contributed by atoms with van der Waals surface area (Å²) >= 11 is 11.6. The minimum Gasteiger partial charge on any atom is -0.272 e. The van der Waals surface area contributed by atoms with Crippen molar-refractivity contribution >= 4 is 35.6 Å². The quantitative estimate of drug-likeness (QED) is 0.394. The van der Waals surface area contributed by atoms with Gasteiger partial charge < -0.3 is 0 Å². The highest BCUT2D eigenvalue weighted by atomic mass is 35.5. The highest BCUT2D eigenvalue weighted by Crippen LogP contribution is 2.31. The minimum atomic E-state index is 0.253. The molecule has 0 spiro atoms. The van der Waals surface area contributed by atoms with Crippen molar-refractivity contribution in [1.29, 1.82) is 0 Å². The number of aliphatic imine (C=N–C) groups is 2. The fourth-order valence-corrected chi connectivity index (χ4v) is 1.78. The van der Waals surface area contributed by atoms with E-state index in [1.165, 1.54) is 25.5 Å². The number of hydrogen-bond acceptors (Lipinski definition) is 2. The van der Waals surface area contributed by atoms with E-state index in [1.54, 1.807) is 0 Å². The highest BCUT2D eigenvalue weighted by molar-refractivity contribution is 6.43. The van der Waals surface area contributed by atoms with Crippen LogP contribution in [0, 0.1) is 5.92 Å². The normalized spacial score (nSPS) is 19.3. The number of allylic oxidation sites excluding steroid dienone is 1. The Hall–Kier alpha value is -0.340. The van der Waals surface area contributed by atoms with Crippen LogP contribution in [-0.4, -0.2) is 18.4 Å². The van der Waals surface area contributed by atoms with Gasteiger partial charge in [-0.2, -0.15) is 0 Å². The third kappa shape index (κ3) is 3.43. The zero-order chi connectivity index (χ0) is 10.4. The van der Waals surface area contributed by atoms with E-state index >= 15 is 0 Å². The Morgan fingerprint density at radius 2 is 2.21 bits per heavy atom. The first-order chi connectivity index (χ1) is 6.77. The van der Waals surface area contributed by atoms with Gasteiger partial charge in [-0.1, -0.05) is 30.9 Å². The monoisotopic (exact) mass is 232 g/mol. The summed E-state index contributed by atoms with van der Waals surface area (Å²) < 4.78 is 0. The third-order valence-corrected chi connectivity index (χ3v) is 2.87. The average molecular weight is 233 g/mol. The van der Waals surface area contributed by atoms with Crippen molar-refractivity contribution in [3.63, 3.8) is 0 Å². The lowest BCUT2D eigenvalue weighted by Gasteiger charge is -2.25. The summed E-state index contributed by atoms with van der Waals surface area (Å²) in [5.74, 6) is 0.726. The SMILES string of the molecule is C=N/C=C(/Cl)C(CC1CCC1)=NCCl. The molecule has 2 nitrogen and oxygen atoms in total. The lowest BCUT2D eigenvalue weighted by atomic mass is 9.81. The fourth-order valence-electron chi connectivity index (χ4n) is 1.43. The summed E-state index contributed by atoms with van der Waals surface area (Å²) in [4.78, 5) is 7.78. The minimum absolute atomic E-state index is 0.253. The maximum atomic E-state index is 5.99. The van der Waals surface area contributed by atoms with E-state index in [0.717, 1.165) is 18.1 Å². The van der Waals surface area contributed by atoms with E-state index < -0.39 is 0 Å². The molecule has 78 valence electrons. The molecule has 0 atom stereocenters. The van der Waals surface area contributed by atoms with Crippen molar-refractivity contribution in [2.45, 2.75) is 25.7 Å². The van der Waals surface area contributed by atoms with Crippen LogP contribution in [0.5, 0.6) is 0 Å². The van der Waals surface area contributed by atoms with Crippen LogP contribution in [-0.2, 0) is 0 Å². The van der Waals surface area contributed by atoms with Gasteiger partial charge in [0.1, 0.15) is 6.00 Å². The Kier molecular flexibility index (Phi) is 5.20. The molecule has 0 aromatic heterocycles. The molecule has 1 rings (SSSR count). The molecule has 0 amide bonds. The summed E-state index contributed by atoms with van der Waals surface area (Å²) in [7, 11) is 0. The van der Waals surface area contributed by atoms with Gasteiger partial charge in [0.05, 0.1) is 10.7 Å². The van der Waals surface area contributed by atoms with Crippen LogP contribution >= 0.6 is 23.2 Å². The van der Waals surface area contributed by atoms with Crippen LogP contribution in [0.4, 0.5) is 0 Å². The Bertz CT molecular complexity index is 255. The molecule has 1 fully saturated rings.